The van der Waals surface area contributed by atoms with Gasteiger partial charge in [-0.15, -0.1) is 0 Å². The van der Waals surface area contributed by atoms with Gasteiger partial charge in [-0.3, -0.25) is 9.98 Å². The standard InChI is InChI=1S/C25H25N3/c1-3-18(16-26-4-2)23-17-27-25-22(23)10-7-11-24(25)28-21-14-12-20(13-15-21)19-8-5-6-9-19/h3,5-17,19,22,28H,4H2,1-2H3/b18-3+,26-16?. The molecule has 0 aromatic heterocycles. The van der Waals surface area contributed by atoms with Crippen molar-refractivity contribution in [3.8, 4) is 0 Å². The fourth-order valence-electron chi connectivity index (χ4n) is 3.69. The summed E-state index contributed by atoms with van der Waals surface area (Å²) >= 11 is 0. The second kappa shape index (κ2) is 8.22. The van der Waals surface area contributed by atoms with E-state index in [4.69, 9.17) is 4.99 Å². The van der Waals surface area contributed by atoms with Crippen LogP contribution >= 0.6 is 0 Å². The van der Waals surface area contributed by atoms with Gasteiger partial charge >= 0.3 is 0 Å². The van der Waals surface area contributed by atoms with Gasteiger partial charge in [0.05, 0.1) is 11.4 Å². The topological polar surface area (TPSA) is 36.8 Å². The Morgan fingerprint density at radius 3 is 2.61 bits per heavy atom. The molecule has 0 saturated carbocycles. The zero-order valence-electron chi connectivity index (χ0n) is 16.3. The van der Waals surface area contributed by atoms with E-state index in [0.29, 0.717) is 5.92 Å². The molecule has 0 spiro atoms. The number of rotatable bonds is 6. The zero-order chi connectivity index (χ0) is 19.3. The van der Waals surface area contributed by atoms with Gasteiger partial charge < -0.3 is 5.32 Å². The van der Waals surface area contributed by atoms with Crippen LogP contribution in [-0.2, 0) is 0 Å². The van der Waals surface area contributed by atoms with E-state index in [2.05, 4.69) is 83.2 Å². The Balaban J connectivity index is 1.48. The smallest absolute Gasteiger partial charge is 0.0751 e. The van der Waals surface area contributed by atoms with Gasteiger partial charge in [0.25, 0.3) is 0 Å². The van der Waals surface area contributed by atoms with Crippen molar-refractivity contribution in [2.75, 3.05) is 11.9 Å². The number of hydrogen-bond donors (Lipinski definition) is 1. The molecular weight excluding hydrogens is 342 g/mol. The molecule has 3 nitrogen and oxygen atoms in total. The summed E-state index contributed by atoms with van der Waals surface area (Å²) in [4.78, 5) is 9.13. The van der Waals surface area contributed by atoms with E-state index < -0.39 is 0 Å². The van der Waals surface area contributed by atoms with Crippen molar-refractivity contribution >= 4 is 17.6 Å². The molecule has 2 aliphatic carbocycles. The summed E-state index contributed by atoms with van der Waals surface area (Å²) in [6.45, 7) is 4.88. The van der Waals surface area contributed by atoms with Gasteiger partial charge in [0.15, 0.2) is 0 Å². The number of hydrogen-bond acceptors (Lipinski definition) is 3. The Hall–Kier alpha value is -3.20. The van der Waals surface area contributed by atoms with Crippen molar-refractivity contribution in [3.63, 3.8) is 0 Å². The number of aliphatic imine (C=N–C) groups is 2. The van der Waals surface area contributed by atoms with Crippen LogP contribution in [0.4, 0.5) is 5.69 Å². The van der Waals surface area contributed by atoms with E-state index in [1.54, 1.807) is 0 Å². The summed E-state index contributed by atoms with van der Waals surface area (Å²) in [6.07, 6.45) is 21.1. The minimum Gasteiger partial charge on any atom is -0.354 e. The van der Waals surface area contributed by atoms with Crippen molar-refractivity contribution in [2.24, 2.45) is 15.9 Å². The predicted octanol–water partition coefficient (Wildman–Crippen LogP) is 5.75. The maximum Gasteiger partial charge on any atom is 0.0751 e. The molecule has 140 valence electrons. The monoisotopic (exact) mass is 367 g/mol. The molecule has 1 heterocycles. The number of nitrogens with zero attached hydrogens (tertiary/aromatic N) is 2. The first kappa shape index (κ1) is 18.2. The zero-order valence-corrected chi connectivity index (χ0v) is 16.3. The largest absolute Gasteiger partial charge is 0.354 e. The van der Waals surface area contributed by atoms with E-state index in [1.165, 1.54) is 11.1 Å². The van der Waals surface area contributed by atoms with Crippen LogP contribution in [0.25, 0.3) is 0 Å². The maximum atomic E-state index is 4.73. The SMILES string of the molecule is C/C=C(\C=NCC)C1=CN=C2C(Nc3ccc(C4C=CC=C4)cc3)=CC=CC12. The van der Waals surface area contributed by atoms with Gasteiger partial charge in [0.1, 0.15) is 0 Å². The lowest BCUT2D eigenvalue weighted by Crippen LogP contribution is -2.21. The fourth-order valence-corrected chi connectivity index (χ4v) is 3.69. The first-order valence-corrected chi connectivity index (χ1v) is 9.85. The predicted molar refractivity (Wildman–Crippen MR) is 120 cm³/mol. The Labute approximate surface area is 167 Å². The molecule has 3 heteroatoms. The minimum absolute atomic E-state index is 0.176. The van der Waals surface area contributed by atoms with Crippen LogP contribution in [0.2, 0.25) is 0 Å². The summed E-state index contributed by atoms with van der Waals surface area (Å²) in [5.74, 6) is 0.570. The number of nitrogens with one attached hydrogen (secondary N) is 1. The third-order valence-corrected chi connectivity index (χ3v) is 5.19. The molecule has 1 aliphatic heterocycles. The lowest BCUT2D eigenvalue weighted by Gasteiger charge is -2.21. The first-order chi connectivity index (χ1) is 13.8. The molecule has 1 N–H and O–H groups in total. The summed E-state index contributed by atoms with van der Waals surface area (Å²) in [7, 11) is 0. The van der Waals surface area contributed by atoms with Gasteiger partial charge in [-0.05, 0) is 48.8 Å². The Morgan fingerprint density at radius 1 is 1.11 bits per heavy atom. The molecular formula is C25H25N3. The molecule has 1 atom stereocenters. The van der Waals surface area contributed by atoms with E-state index in [9.17, 15) is 0 Å². The van der Waals surface area contributed by atoms with Gasteiger partial charge in [-0.25, -0.2) is 0 Å². The van der Waals surface area contributed by atoms with E-state index in [1.807, 2.05) is 26.3 Å². The van der Waals surface area contributed by atoms with Crippen LogP contribution in [0.1, 0.15) is 25.3 Å². The summed E-state index contributed by atoms with van der Waals surface area (Å²) in [5.41, 5.74) is 6.83. The third-order valence-electron chi connectivity index (χ3n) is 5.19. The highest BCUT2D eigenvalue weighted by molar-refractivity contribution is 6.11. The van der Waals surface area contributed by atoms with Gasteiger partial charge in [0.2, 0.25) is 0 Å². The molecule has 0 saturated heterocycles. The van der Waals surface area contributed by atoms with Crippen LogP contribution in [-0.4, -0.2) is 18.5 Å². The van der Waals surface area contributed by atoms with Crippen LogP contribution in [0.5, 0.6) is 0 Å². The molecule has 1 aromatic rings. The Morgan fingerprint density at radius 2 is 1.89 bits per heavy atom. The van der Waals surface area contributed by atoms with Crippen LogP contribution in [0.15, 0.2) is 106 Å². The summed E-state index contributed by atoms with van der Waals surface area (Å²) in [5, 5.41) is 3.55. The fraction of sp³-hybridized carbons (Fsp3) is 0.200. The molecule has 1 aromatic carbocycles. The number of anilines is 1. The minimum atomic E-state index is 0.176. The highest BCUT2D eigenvalue weighted by Gasteiger charge is 2.28. The highest BCUT2D eigenvalue weighted by atomic mass is 14.9. The maximum absolute atomic E-state index is 4.73. The quantitative estimate of drug-likeness (QED) is 0.638. The second-order valence-electron chi connectivity index (χ2n) is 6.96. The van der Waals surface area contributed by atoms with Gasteiger partial charge in [0, 0.05) is 36.5 Å². The van der Waals surface area contributed by atoms with Crippen molar-refractivity contribution in [3.05, 3.63) is 101 Å². The molecule has 0 radical (unpaired) electrons. The van der Waals surface area contributed by atoms with Crippen molar-refractivity contribution in [2.45, 2.75) is 19.8 Å². The normalized spacial score (nSPS) is 21.1. The summed E-state index contributed by atoms with van der Waals surface area (Å²) in [6, 6.07) is 8.64. The first-order valence-electron chi connectivity index (χ1n) is 9.85. The van der Waals surface area contributed by atoms with Crippen LogP contribution in [0.3, 0.4) is 0 Å². The van der Waals surface area contributed by atoms with E-state index >= 15 is 0 Å². The second-order valence-corrected chi connectivity index (χ2v) is 6.96. The number of allylic oxidation sites excluding steroid dienone is 11. The van der Waals surface area contributed by atoms with Crippen molar-refractivity contribution < 1.29 is 0 Å². The average Bonchev–Trinajstić information content (AvgIpc) is 3.40. The Bertz CT molecular complexity index is 967. The molecule has 3 aliphatic rings. The molecule has 28 heavy (non-hydrogen) atoms. The Kier molecular flexibility index (Phi) is 5.34. The highest BCUT2D eigenvalue weighted by Crippen LogP contribution is 2.33. The lowest BCUT2D eigenvalue weighted by molar-refractivity contribution is 1.06. The molecule has 0 amide bonds. The van der Waals surface area contributed by atoms with Gasteiger partial charge in [-0.1, -0.05) is 54.7 Å². The molecule has 0 fully saturated rings. The van der Waals surface area contributed by atoms with Gasteiger partial charge in [-0.2, -0.15) is 0 Å². The summed E-state index contributed by atoms with van der Waals surface area (Å²) < 4.78 is 0. The molecule has 0 bridgehead atoms. The van der Waals surface area contributed by atoms with Crippen LogP contribution < -0.4 is 5.32 Å². The number of fused-ring (bicyclic) bond motifs is 1. The van der Waals surface area contributed by atoms with Crippen molar-refractivity contribution in [1.82, 2.24) is 0 Å². The van der Waals surface area contributed by atoms with Crippen LogP contribution in [0, 0.1) is 5.92 Å². The van der Waals surface area contributed by atoms with E-state index in [-0.39, 0.29) is 5.92 Å². The number of benzene rings is 1. The molecule has 1 unspecified atom stereocenters. The van der Waals surface area contributed by atoms with E-state index in [0.717, 1.165) is 29.2 Å². The van der Waals surface area contributed by atoms with Crippen molar-refractivity contribution in [1.29, 1.82) is 0 Å². The lowest BCUT2D eigenvalue weighted by atomic mass is 9.87. The third kappa shape index (κ3) is 3.61. The average molecular weight is 367 g/mol. The molecule has 4 rings (SSSR count).